The number of rotatable bonds is 4. The average Bonchev–Trinajstić information content (AvgIpc) is 2.95. The van der Waals surface area contributed by atoms with Gasteiger partial charge in [-0.15, -0.1) is 0 Å². The van der Waals surface area contributed by atoms with E-state index in [1.165, 1.54) is 6.07 Å². The molecule has 0 saturated heterocycles. The number of nitro groups is 1. The second kappa shape index (κ2) is 4.80. The molecular weight excluding hydrogens is 258 g/mol. The van der Waals surface area contributed by atoms with E-state index in [-0.39, 0.29) is 29.5 Å². The Morgan fingerprint density at radius 1 is 1.58 bits per heavy atom. The zero-order valence-corrected chi connectivity index (χ0v) is 9.78. The molecule has 0 unspecified atom stereocenters. The highest BCUT2D eigenvalue weighted by atomic mass is 16.6. The Kier molecular flexibility index (Phi) is 3.19. The van der Waals surface area contributed by atoms with Crippen molar-refractivity contribution >= 4 is 17.7 Å². The van der Waals surface area contributed by atoms with Crippen LogP contribution in [-0.2, 0) is 4.74 Å². The van der Waals surface area contributed by atoms with Crippen molar-refractivity contribution in [1.29, 1.82) is 0 Å². The molecule has 100 valence electrons. The number of nitrogens with zero attached hydrogens (tertiary/aromatic N) is 2. The number of esters is 1. The molecule has 2 aromatic rings. The summed E-state index contributed by atoms with van der Waals surface area (Å²) >= 11 is 0. The maximum absolute atomic E-state index is 11.7. The topological polar surface area (TPSA) is 135 Å². The lowest BCUT2D eigenvalue weighted by molar-refractivity contribution is -0.401. The van der Waals surface area contributed by atoms with E-state index in [0.29, 0.717) is 0 Å². The number of ether oxygens (including phenoxy) is 1. The third-order valence-electron chi connectivity index (χ3n) is 2.20. The summed E-state index contributed by atoms with van der Waals surface area (Å²) in [7, 11) is 0. The number of anilines is 1. The molecule has 0 fully saturated rings. The van der Waals surface area contributed by atoms with Gasteiger partial charge in [0.25, 0.3) is 0 Å². The Balaban J connectivity index is 2.44. The predicted molar refractivity (Wildman–Crippen MR) is 61.2 cm³/mol. The molecule has 2 aromatic heterocycles. The first-order valence-electron chi connectivity index (χ1n) is 5.21. The Bertz CT molecular complexity index is 629. The average molecular weight is 267 g/mol. The molecule has 0 aliphatic rings. The number of nitrogen functional groups attached to an aromatic ring is 1. The highest BCUT2D eigenvalue weighted by molar-refractivity contribution is 5.99. The number of nitrogens with two attached hydrogens (primary N) is 1. The third kappa shape index (κ3) is 2.25. The molecular formula is C10H9N3O6. The molecule has 0 radical (unpaired) electrons. The highest BCUT2D eigenvalue weighted by Gasteiger charge is 2.27. The molecule has 0 bridgehead atoms. The van der Waals surface area contributed by atoms with Gasteiger partial charge in [-0.25, -0.2) is 4.79 Å². The third-order valence-corrected chi connectivity index (χ3v) is 2.20. The van der Waals surface area contributed by atoms with Crippen molar-refractivity contribution in [2.75, 3.05) is 12.3 Å². The predicted octanol–water partition coefficient (Wildman–Crippen LogP) is 1.60. The van der Waals surface area contributed by atoms with Gasteiger partial charge in [-0.1, -0.05) is 5.16 Å². The quantitative estimate of drug-likeness (QED) is 0.501. The van der Waals surface area contributed by atoms with Gasteiger partial charge in [0.15, 0.2) is 17.0 Å². The summed E-state index contributed by atoms with van der Waals surface area (Å²) in [5.41, 5.74) is 5.31. The molecule has 0 saturated carbocycles. The van der Waals surface area contributed by atoms with E-state index in [9.17, 15) is 14.9 Å². The number of aromatic nitrogens is 1. The molecule has 2 N–H and O–H groups in total. The van der Waals surface area contributed by atoms with Crippen LogP contribution in [0.3, 0.4) is 0 Å². The van der Waals surface area contributed by atoms with Gasteiger partial charge >= 0.3 is 11.9 Å². The van der Waals surface area contributed by atoms with Crippen molar-refractivity contribution in [1.82, 2.24) is 5.16 Å². The van der Waals surface area contributed by atoms with Crippen LogP contribution in [0.1, 0.15) is 17.3 Å². The highest BCUT2D eigenvalue weighted by Crippen LogP contribution is 2.31. The van der Waals surface area contributed by atoms with Crippen molar-refractivity contribution in [3.63, 3.8) is 0 Å². The summed E-state index contributed by atoms with van der Waals surface area (Å²) in [6.07, 6.45) is 0. The standard InChI is InChI=1S/C10H9N3O6/c1-2-17-10(14)7-8(12-19-9(7)11)5-3-4-6(18-5)13(15)16/h3-4H,2,11H2,1H3. The Hall–Kier alpha value is -2.84. The second-order valence-electron chi connectivity index (χ2n) is 3.39. The first-order chi connectivity index (χ1) is 9.04. The van der Waals surface area contributed by atoms with E-state index in [2.05, 4.69) is 9.68 Å². The lowest BCUT2D eigenvalue weighted by atomic mass is 10.2. The molecule has 0 spiro atoms. The number of hydrogen-bond donors (Lipinski definition) is 1. The van der Waals surface area contributed by atoms with Gasteiger partial charge in [0, 0.05) is 0 Å². The van der Waals surface area contributed by atoms with Gasteiger partial charge < -0.3 is 19.4 Å². The molecule has 0 amide bonds. The molecule has 0 aromatic carbocycles. The monoisotopic (exact) mass is 267 g/mol. The van der Waals surface area contributed by atoms with E-state index in [1.807, 2.05) is 0 Å². The number of furan rings is 1. The van der Waals surface area contributed by atoms with Crippen LogP contribution in [0.25, 0.3) is 11.5 Å². The van der Waals surface area contributed by atoms with Gasteiger partial charge in [-0.3, -0.25) is 10.1 Å². The summed E-state index contributed by atoms with van der Waals surface area (Å²) < 4.78 is 14.4. The molecule has 2 heterocycles. The SMILES string of the molecule is CCOC(=O)c1c(-c2ccc([N+](=O)[O-])o2)noc1N. The summed E-state index contributed by atoms with van der Waals surface area (Å²) in [4.78, 5) is 21.5. The smallest absolute Gasteiger partial charge is 0.433 e. The lowest BCUT2D eigenvalue weighted by Gasteiger charge is -1.99. The lowest BCUT2D eigenvalue weighted by Crippen LogP contribution is -2.07. The second-order valence-corrected chi connectivity index (χ2v) is 3.39. The Morgan fingerprint density at radius 2 is 2.32 bits per heavy atom. The van der Waals surface area contributed by atoms with Crippen molar-refractivity contribution in [3.05, 3.63) is 27.8 Å². The van der Waals surface area contributed by atoms with Crippen LogP contribution in [0.15, 0.2) is 21.1 Å². The van der Waals surface area contributed by atoms with E-state index in [1.54, 1.807) is 6.92 Å². The van der Waals surface area contributed by atoms with E-state index >= 15 is 0 Å². The van der Waals surface area contributed by atoms with E-state index in [0.717, 1.165) is 6.07 Å². The zero-order chi connectivity index (χ0) is 14.0. The maximum Gasteiger partial charge on any atom is 0.433 e. The van der Waals surface area contributed by atoms with Crippen molar-refractivity contribution in [2.45, 2.75) is 6.92 Å². The first-order valence-corrected chi connectivity index (χ1v) is 5.21. The molecule has 0 aliphatic carbocycles. The molecule has 0 atom stereocenters. The van der Waals surface area contributed by atoms with Crippen LogP contribution in [0, 0.1) is 10.1 Å². The van der Waals surface area contributed by atoms with E-state index < -0.39 is 16.8 Å². The summed E-state index contributed by atoms with van der Waals surface area (Å²) in [6.45, 7) is 1.76. The zero-order valence-electron chi connectivity index (χ0n) is 9.78. The van der Waals surface area contributed by atoms with Gasteiger partial charge in [-0.2, -0.15) is 0 Å². The molecule has 9 nitrogen and oxygen atoms in total. The summed E-state index contributed by atoms with van der Waals surface area (Å²) in [5, 5.41) is 14.1. The first kappa shape index (κ1) is 12.6. The van der Waals surface area contributed by atoms with Crippen LogP contribution in [0.5, 0.6) is 0 Å². The van der Waals surface area contributed by atoms with Crippen LogP contribution in [-0.4, -0.2) is 22.7 Å². The molecule has 2 rings (SSSR count). The van der Waals surface area contributed by atoms with Gasteiger partial charge in [0.1, 0.15) is 4.92 Å². The number of carbonyl (C=O) groups is 1. The summed E-state index contributed by atoms with van der Waals surface area (Å²) in [6, 6.07) is 2.42. The van der Waals surface area contributed by atoms with Crippen LogP contribution < -0.4 is 5.73 Å². The Labute approximate surface area is 106 Å². The van der Waals surface area contributed by atoms with Crippen LogP contribution in [0.2, 0.25) is 0 Å². The van der Waals surface area contributed by atoms with Crippen molar-refractivity contribution < 1.29 is 23.4 Å². The fourth-order valence-corrected chi connectivity index (χ4v) is 1.42. The summed E-state index contributed by atoms with van der Waals surface area (Å²) in [5.74, 6) is -1.47. The molecule has 0 aliphatic heterocycles. The number of hydrogen-bond acceptors (Lipinski definition) is 8. The fraction of sp³-hybridized carbons (Fsp3) is 0.200. The van der Waals surface area contributed by atoms with Gasteiger partial charge in [0.05, 0.1) is 12.7 Å². The largest absolute Gasteiger partial charge is 0.462 e. The minimum Gasteiger partial charge on any atom is -0.462 e. The normalized spacial score (nSPS) is 10.4. The fourth-order valence-electron chi connectivity index (χ4n) is 1.42. The number of carbonyl (C=O) groups excluding carboxylic acids is 1. The van der Waals surface area contributed by atoms with Gasteiger partial charge in [0.2, 0.25) is 5.88 Å². The molecule has 19 heavy (non-hydrogen) atoms. The van der Waals surface area contributed by atoms with Crippen molar-refractivity contribution in [2.24, 2.45) is 0 Å². The van der Waals surface area contributed by atoms with Crippen molar-refractivity contribution in [3.8, 4) is 11.5 Å². The van der Waals surface area contributed by atoms with Crippen LogP contribution >= 0.6 is 0 Å². The van der Waals surface area contributed by atoms with Crippen LogP contribution in [0.4, 0.5) is 11.8 Å². The minimum atomic E-state index is -0.740. The van der Waals surface area contributed by atoms with Gasteiger partial charge in [-0.05, 0) is 13.0 Å². The minimum absolute atomic E-state index is 0.00444. The maximum atomic E-state index is 11.7. The molecule has 9 heteroatoms. The van der Waals surface area contributed by atoms with E-state index in [4.69, 9.17) is 14.9 Å². The Morgan fingerprint density at radius 3 is 2.89 bits per heavy atom.